The molecule has 1 fully saturated rings. The van der Waals surface area contributed by atoms with Gasteiger partial charge in [0, 0.05) is 12.6 Å². The highest BCUT2D eigenvalue weighted by molar-refractivity contribution is 5.75. The van der Waals surface area contributed by atoms with Crippen molar-refractivity contribution in [3.05, 3.63) is 28.4 Å². The molecule has 2 rings (SSSR count). The molecule has 0 radical (unpaired) electrons. The summed E-state index contributed by atoms with van der Waals surface area (Å²) in [5.41, 5.74) is -0.0698. The first kappa shape index (κ1) is 14.2. The molecule has 2 atom stereocenters. The first-order chi connectivity index (χ1) is 9.51. The van der Waals surface area contributed by atoms with Crippen LogP contribution in [0.5, 0.6) is 0 Å². The number of pyridine rings is 1. The Morgan fingerprint density at radius 3 is 2.85 bits per heavy atom. The minimum atomic E-state index is -0.680. The predicted molar refractivity (Wildman–Crippen MR) is 69.5 cm³/mol. The van der Waals surface area contributed by atoms with E-state index < -0.39 is 17.0 Å². The Morgan fingerprint density at radius 2 is 2.30 bits per heavy atom. The Bertz CT molecular complexity index is 504. The third-order valence-corrected chi connectivity index (χ3v) is 2.99. The minimum absolute atomic E-state index is 0.0698. The average Bonchev–Trinajstić information content (AvgIpc) is 2.45. The number of aromatic nitrogens is 1. The molecule has 0 amide bonds. The van der Waals surface area contributed by atoms with E-state index in [0.29, 0.717) is 18.9 Å². The zero-order valence-corrected chi connectivity index (χ0v) is 11.2. The molecule has 2 heterocycles. The fraction of sp³-hybridized carbons (Fsp3) is 0.500. The van der Waals surface area contributed by atoms with Gasteiger partial charge < -0.3 is 14.4 Å². The molecule has 0 bridgehead atoms. The Hall–Kier alpha value is -2.22. The number of anilines is 1. The summed E-state index contributed by atoms with van der Waals surface area (Å²) in [5, 5.41) is 10.6. The van der Waals surface area contributed by atoms with E-state index in [1.807, 2.05) is 11.8 Å². The van der Waals surface area contributed by atoms with Crippen LogP contribution in [0.15, 0.2) is 18.3 Å². The number of methoxy groups -OCH3 is 1. The lowest BCUT2D eigenvalue weighted by Crippen LogP contribution is -2.50. The van der Waals surface area contributed by atoms with Crippen LogP contribution in [-0.4, -0.2) is 48.3 Å². The van der Waals surface area contributed by atoms with E-state index in [9.17, 15) is 14.9 Å². The van der Waals surface area contributed by atoms with Gasteiger partial charge in [0.05, 0.1) is 24.7 Å². The van der Waals surface area contributed by atoms with Gasteiger partial charge in [-0.25, -0.2) is 9.78 Å². The molecule has 0 aliphatic carbocycles. The smallest absolute Gasteiger partial charge is 0.336 e. The first-order valence-electron chi connectivity index (χ1n) is 6.10. The van der Waals surface area contributed by atoms with E-state index in [2.05, 4.69) is 9.72 Å². The SMILES string of the molecule is COC(=O)C1CN(c2ccc([N+](=O)[O-])cn2)C[C@@H](C)O1. The summed E-state index contributed by atoms with van der Waals surface area (Å²) in [6, 6.07) is 2.94. The second-order valence-electron chi connectivity index (χ2n) is 4.50. The maximum Gasteiger partial charge on any atom is 0.336 e. The van der Waals surface area contributed by atoms with Crippen molar-refractivity contribution in [3.8, 4) is 0 Å². The molecule has 1 saturated heterocycles. The molecule has 1 aromatic heterocycles. The zero-order valence-electron chi connectivity index (χ0n) is 11.2. The molecular formula is C12H15N3O5. The van der Waals surface area contributed by atoms with Gasteiger partial charge in [0.15, 0.2) is 6.10 Å². The monoisotopic (exact) mass is 281 g/mol. The zero-order chi connectivity index (χ0) is 14.7. The molecule has 1 aromatic rings. The van der Waals surface area contributed by atoms with Crippen molar-refractivity contribution in [1.82, 2.24) is 4.98 Å². The summed E-state index contributed by atoms with van der Waals surface area (Å²) < 4.78 is 10.2. The summed E-state index contributed by atoms with van der Waals surface area (Å²) in [6.07, 6.45) is 0.355. The Morgan fingerprint density at radius 1 is 1.55 bits per heavy atom. The molecule has 0 saturated carbocycles. The molecular weight excluding hydrogens is 266 g/mol. The Kier molecular flexibility index (Phi) is 4.14. The Balaban J connectivity index is 2.14. The lowest BCUT2D eigenvalue weighted by molar-refractivity contribution is -0.385. The lowest BCUT2D eigenvalue weighted by atomic mass is 10.2. The molecule has 0 aromatic carbocycles. The standard InChI is InChI=1S/C12H15N3O5/c1-8-6-14(7-10(20-8)12(16)19-2)11-4-3-9(5-13-11)15(17)18/h3-5,8,10H,6-7H2,1-2H3/t8-,10?/m1/s1. The number of ether oxygens (including phenoxy) is 2. The van der Waals surface area contributed by atoms with Gasteiger partial charge in [-0.3, -0.25) is 10.1 Å². The second kappa shape index (κ2) is 5.83. The van der Waals surface area contributed by atoms with Gasteiger partial charge in [0.1, 0.15) is 12.0 Å². The van der Waals surface area contributed by atoms with Crippen molar-refractivity contribution in [1.29, 1.82) is 0 Å². The van der Waals surface area contributed by atoms with Gasteiger partial charge in [0.25, 0.3) is 5.69 Å². The number of nitrogens with zero attached hydrogens (tertiary/aromatic N) is 3. The van der Waals surface area contributed by atoms with Gasteiger partial charge in [-0.1, -0.05) is 0 Å². The highest BCUT2D eigenvalue weighted by Gasteiger charge is 2.31. The van der Waals surface area contributed by atoms with Crippen molar-refractivity contribution in [3.63, 3.8) is 0 Å². The summed E-state index contributed by atoms with van der Waals surface area (Å²) in [4.78, 5) is 27.5. The van der Waals surface area contributed by atoms with Gasteiger partial charge in [-0.05, 0) is 13.0 Å². The number of rotatable bonds is 3. The van der Waals surface area contributed by atoms with Crippen molar-refractivity contribution in [2.45, 2.75) is 19.1 Å². The number of hydrogen-bond donors (Lipinski definition) is 0. The summed E-state index contributed by atoms with van der Waals surface area (Å²) in [6.45, 7) is 2.70. The molecule has 8 nitrogen and oxygen atoms in total. The van der Waals surface area contributed by atoms with Crippen molar-refractivity contribution >= 4 is 17.5 Å². The number of carbonyl (C=O) groups excluding carboxylic acids is 1. The van der Waals surface area contributed by atoms with Crippen LogP contribution in [0.3, 0.4) is 0 Å². The number of morpholine rings is 1. The van der Waals surface area contributed by atoms with Crippen LogP contribution < -0.4 is 4.90 Å². The number of esters is 1. The van der Waals surface area contributed by atoms with Crippen molar-refractivity contribution in [2.24, 2.45) is 0 Å². The quantitative estimate of drug-likeness (QED) is 0.458. The molecule has 1 unspecified atom stereocenters. The third-order valence-electron chi connectivity index (χ3n) is 2.99. The topological polar surface area (TPSA) is 94.8 Å². The van der Waals surface area contributed by atoms with Gasteiger partial charge in [-0.2, -0.15) is 0 Å². The first-order valence-corrected chi connectivity index (χ1v) is 6.10. The van der Waals surface area contributed by atoms with E-state index in [0.717, 1.165) is 0 Å². The van der Waals surface area contributed by atoms with Gasteiger partial charge in [-0.15, -0.1) is 0 Å². The van der Waals surface area contributed by atoms with Crippen LogP contribution in [0, 0.1) is 10.1 Å². The molecule has 0 spiro atoms. The highest BCUT2D eigenvalue weighted by atomic mass is 16.6. The fourth-order valence-corrected chi connectivity index (χ4v) is 2.07. The van der Waals surface area contributed by atoms with E-state index in [4.69, 9.17) is 4.74 Å². The van der Waals surface area contributed by atoms with E-state index >= 15 is 0 Å². The van der Waals surface area contributed by atoms with Crippen LogP contribution in [0.1, 0.15) is 6.92 Å². The van der Waals surface area contributed by atoms with Crippen molar-refractivity contribution in [2.75, 3.05) is 25.1 Å². The summed E-state index contributed by atoms with van der Waals surface area (Å²) in [7, 11) is 1.30. The van der Waals surface area contributed by atoms with E-state index in [1.165, 1.54) is 19.4 Å². The van der Waals surface area contributed by atoms with Crippen molar-refractivity contribution < 1.29 is 19.2 Å². The summed E-state index contributed by atoms with van der Waals surface area (Å²) in [5.74, 6) is 0.128. The number of carbonyl (C=O) groups is 1. The fourth-order valence-electron chi connectivity index (χ4n) is 2.07. The molecule has 0 N–H and O–H groups in total. The summed E-state index contributed by atoms with van der Waals surface area (Å²) >= 11 is 0. The van der Waals surface area contributed by atoms with Crippen LogP contribution in [-0.2, 0) is 14.3 Å². The second-order valence-corrected chi connectivity index (χ2v) is 4.50. The van der Waals surface area contributed by atoms with Crippen LogP contribution in [0.4, 0.5) is 11.5 Å². The predicted octanol–water partition coefficient (Wildman–Crippen LogP) is 0.756. The van der Waals surface area contributed by atoms with Gasteiger partial charge in [0.2, 0.25) is 0 Å². The number of hydrogen-bond acceptors (Lipinski definition) is 7. The highest BCUT2D eigenvalue weighted by Crippen LogP contribution is 2.20. The Labute approximate surface area is 115 Å². The normalized spacial score (nSPS) is 22.4. The largest absolute Gasteiger partial charge is 0.467 e. The lowest BCUT2D eigenvalue weighted by Gasteiger charge is -2.36. The van der Waals surface area contributed by atoms with Crippen LogP contribution in [0.2, 0.25) is 0 Å². The van der Waals surface area contributed by atoms with E-state index in [1.54, 1.807) is 6.07 Å². The molecule has 1 aliphatic heterocycles. The maximum atomic E-state index is 11.5. The molecule has 20 heavy (non-hydrogen) atoms. The van der Waals surface area contributed by atoms with Crippen LogP contribution in [0.25, 0.3) is 0 Å². The molecule has 8 heteroatoms. The third kappa shape index (κ3) is 3.02. The minimum Gasteiger partial charge on any atom is -0.467 e. The maximum absolute atomic E-state index is 11.5. The van der Waals surface area contributed by atoms with E-state index in [-0.39, 0.29) is 11.8 Å². The molecule has 1 aliphatic rings. The van der Waals surface area contributed by atoms with Crippen LogP contribution >= 0.6 is 0 Å². The van der Waals surface area contributed by atoms with Gasteiger partial charge >= 0.3 is 5.97 Å². The number of nitro groups is 1. The average molecular weight is 281 g/mol. The molecule has 108 valence electrons.